The molecule has 0 spiro atoms. The van der Waals surface area contributed by atoms with Crippen molar-refractivity contribution in [2.75, 3.05) is 0 Å². The second-order valence-electron chi connectivity index (χ2n) is 6.28. The number of carbonyl (C=O) groups excluding carboxylic acids is 1. The number of furan rings is 1. The molecule has 2 aromatic carbocycles. The topological polar surface area (TPSA) is 72.4 Å². The summed E-state index contributed by atoms with van der Waals surface area (Å²) in [4.78, 5) is 12.7. The van der Waals surface area contributed by atoms with E-state index in [1.807, 2.05) is 42.5 Å². The van der Waals surface area contributed by atoms with Crippen molar-refractivity contribution in [3.8, 4) is 11.3 Å². The normalized spacial score (nSPS) is 11.1. The quantitative estimate of drug-likeness (QED) is 0.377. The van der Waals surface area contributed by atoms with Gasteiger partial charge in [0.1, 0.15) is 11.5 Å². The third kappa shape index (κ3) is 4.62. The molecule has 1 amide bonds. The largest absolute Gasteiger partial charge is 0.463 e. The molecular weight excluding hydrogens is 388 g/mol. The summed E-state index contributed by atoms with van der Waals surface area (Å²) < 4.78 is 6.83. The minimum absolute atomic E-state index is 0.364. The molecule has 6 nitrogen and oxygen atoms in total. The van der Waals surface area contributed by atoms with Crippen LogP contribution in [0.1, 0.15) is 21.8 Å². The number of amides is 1. The van der Waals surface area contributed by atoms with E-state index in [4.69, 9.17) is 16.0 Å². The summed E-state index contributed by atoms with van der Waals surface area (Å²) in [6.45, 7) is 0.457. The number of hydrogen-bond donors (Lipinski definition) is 1. The van der Waals surface area contributed by atoms with Crippen LogP contribution < -0.4 is 5.43 Å². The zero-order valence-electron chi connectivity index (χ0n) is 15.3. The zero-order chi connectivity index (χ0) is 20.1. The van der Waals surface area contributed by atoms with Gasteiger partial charge in [-0.3, -0.25) is 9.48 Å². The monoisotopic (exact) mass is 404 g/mol. The van der Waals surface area contributed by atoms with Gasteiger partial charge in [-0.05, 0) is 35.9 Å². The van der Waals surface area contributed by atoms with E-state index in [0.29, 0.717) is 28.7 Å². The highest BCUT2D eigenvalue weighted by Crippen LogP contribution is 2.22. The first-order valence-corrected chi connectivity index (χ1v) is 9.31. The molecule has 2 heterocycles. The predicted molar refractivity (Wildman–Crippen MR) is 112 cm³/mol. The van der Waals surface area contributed by atoms with Gasteiger partial charge in [0.15, 0.2) is 0 Å². The number of aromatic nitrogens is 2. The Hall–Kier alpha value is -3.64. The van der Waals surface area contributed by atoms with Crippen molar-refractivity contribution < 1.29 is 9.21 Å². The number of rotatable bonds is 6. The molecule has 0 radical (unpaired) electrons. The van der Waals surface area contributed by atoms with Gasteiger partial charge in [0.25, 0.3) is 5.91 Å². The summed E-state index contributed by atoms with van der Waals surface area (Å²) >= 11 is 5.98. The number of hydrogen-bond acceptors (Lipinski definition) is 4. The van der Waals surface area contributed by atoms with Gasteiger partial charge < -0.3 is 4.42 Å². The maximum absolute atomic E-state index is 12.7. The Morgan fingerprint density at radius 2 is 1.90 bits per heavy atom. The van der Waals surface area contributed by atoms with Gasteiger partial charge in [-0.15, -0.1) is 0 Å². The fraction of sp³-hybridized carbons (Fsp3) is 0.0455. The Morgan fingerprint density at radius 1 is 1.10 bits per heavy atom. The lowest BCUT2D eigenvalue weighted by Crippen LogP contribution is -2.22. The molecule has 2 aromatic heterocycles. The smallest absolute Gasteiger partial charge is 0.289 e. The van der Waals surface area contributed by atoms with Gasteiger partial charge in [-0.2, -0.15) is 10.2 Å². The summed E-state index contributed by atoms with van der Waals surface area (Å²) in [5.74, 6) is 0.182. The molecule has 0 atom stereocenters. The van der Waals surface area contributed by atoms with Crippen molar-refractivity contribution in [2.24, 2.45) is 5.10 Å². The Balaban J connectivity index is 1.62. The Labute approximate surface area is 172 Å². The van der Waals surface area contributed by atoms with Crippen molar-refractivity contribution >= 4 is 23.7 Å². The van der Waals surface area contributed by atoms with Crippen LogP contribution in [0.25, 0.3) is 11.3 Å². The van der Waals surface area contributed by atoms with Gasteiger partial charge in [-0.25, -0.2) is 5.43 Å². The molecule has 0 aliphatic carbocycles. The third-order valence-electron chi connectivity index (χ3n) is 4.23. The van der Waals surface area contributed by atoms with E-state index in [1.54, 1.807) is 35.0 Å². The summed E-state index contributed by atoms with van der Waals surface area (Å²) in [6.07, 6.45) is 2.98. The number of nitrogens with zero attached hydrogens (tertiary/aromatic N) is 3. The molecule has 0 unspecified atom stereocenters. The minimum Gasteiger partial charge on any atom is -0.463 e. The molecule has 4 rings (SSSR count). The van der Waals surface area contributed by atoms with E-state index in [2.05, 4.69) is 15.6 Å². The highest BCUT2D eigenvalue weighted by Gasteiger charge is 2.16. The lowest BCUT2D eigenvalue weighted by molar-refractivity contribution is 0.0945. The van der Waals surface area contributed by atoms with E-state index < -0.39 is 0 Å². The lowest BCUT2D eigenvalue weighted by atomic mass is 10.1. The van der Waals surface area contributed by atoms with Crippen LogP contribution in [0.3, 0.4) is 0 Å². The Kier molecular flexibility index (Phi) is 5.54. The third-order valence-corrected chi connectivity index (χ3v) is 4.48. The van der Waals surface area contributed by atoms with Gasteiger partial charge >= 0.3 is 0 Å². The Morgan fingerprint density at radius 3 is 2.62 bits per heavy atom. The van der Waals surface area contributed by atoms with Crippen molar-refractivity contribution in [1.29, 1.82) is 0 Å². The lowest BCUT2D eigenvalue weighted by Gasteiger charge is -2.06. The van der Waals surface area contributed by atoms with Gasteiger partial charge in [-0.1, -0.05) is 54.1 Å². The van der Waals surface area contributed by atoms with Crippen LogP contribution in [0.2, 0.25) is 5.02 Å². The SMILES string of the molecule is O=C(N/N=C/c1ccco1)c1cc(-c2ccc(Cl)cc2)nn1Cc1ccccc1. The van der Waals surface area contributed by atoms with E-state index in [9.17, 15) is 4.79 Å². The number of nitrogens with one attached hydrogen (secondary N) is 1. The molecule has 0 saturated carbocycles. The molecule has 0 fully saturated rings. The first-order valence-electron chi connectivity index (χ1n) is 8.94. The van der Waals surface area contributed by atoms with Crippen LogP contribution in [-0.4, -0.2) is 21.9 Å². The van der Waals surface area contributed by atoms with E-state index >= 15 is 0 Å². The van der Waals surface area contributed by atoms with Crippen molar-refractivity contribution in [1.82, 2.24) is 15.2 Å². The van der Waals surface area contributed by atoms with Crippen molar-refractivity contribution in [3.63, 3.8) is 0 Å². The minimum atomic E-state index is -0.364. The summed E-state index contributed by atoms with van der Waals surface area (Å²) in [6, 6.07) is 22.4. The second kappa shape index (κ2) is 8.58. The number of halogens is 1. The fourth-order valence-electron chi connectivity index (χ4n) is 2.81. The van der Waals surface area contributed by atoms with E-state index in [-0.39, 0.29) is 5.91 Å². The van der Waals surface area contributed by atoms with Gasteiger partial charge in [0.05, 0.1) is 24.7 Å². The molecule has 0 bridgehead atoms. The highest BCUT2D eigenvalue weighted by molar-refractivity contribution is 6.30. The molecule has 29 heavy (non-hydrogen) atoms. The molecule has 4 aromatic rings. The van der Waals surface area contributed by atoms with Crippen LogP contribution in [-0.2, 0) is 6.54 Å². The maximum Gasteiger partial charge on any atom is 0.289 e. The van der Waals surface area contributed by atoms with Crippen LogP contribution >= 0.6 is 11.6 Å². The zero-order valence-corrected chi connectivity index (χ0v) is 16.1. The van der Waals surface area contributed by atoms with Crippen LogP contribution in [0, 0.1) is 0 Å². The van der Waals surface area contributed by atoms with Crippen molar-refractivity contribution in [3.05, 3.63) is 101 Å². The molecule has 0 saturated heterocycles. The fourth-order valence-corrected chi connectivity index (χ4v) is 2.94. The molecule has 0 aliphatic heterocycles. The Bertz CT molecular complexity index is 1120. The molecule has 144 valence electrons. The number of benzene rings is 2. The van der Waals surface area contributed by atoms with Crippen molar-refractivity contribution in [2.45, 2.75) is 6.54 Å². The molecule has 0 aliphatic rings. The number of carbonyl (C=O) groups is 1. The summed E-state index contributed by atoms with van der Waals surface area (Å²) in [5, 5.41) is 9.22. The van der Waals surface area contributed by atoms with Crippen LogP contribution in [0.4, 0.5) is 0 Å². The standard InChI is InChI=1S/C22H17ClN4O2/c23-18-10-8-17(9-11-18)20-13-21(22(28)25-24-14-19-7-4-12-29-19)27(26-20)15-16-5-2-1-3-6-16/h1-14H,15H2,(H,25,28)/b24-14+. The van der Waals surface area contributed by atoms with Crippen LogP contribution in [0.5, 0.6) is 0 Å². The summed E-state index contributed by atoms with van der Waals surface area (Å²) in [7, 11) is 0. The predicted octanol–water partition coefficient (Wildman–Crippen LogP) is 4.61. The van der Waals surface area contributed by atoms with Gasteiger partial charge in [0.2, 0.25) is 0 Å². The summed E-state index contributed by atoms with van der Waals surface area (Å²) in [5.41, 5.74) is 5.51. The molecule has 7 heteroatoms. The van der Waals surface area contributed by atoms with Crippen LogP contribution in [0.15, 0.2) is 88.6 Å². The van der Waals surface area contributed by atoms with Gasteiger partial charge in [0, 0.05) is 10.6 Å². The average molecular weight is 405 g/mol. The maximum atomic E-state index is 12.7. The first kappa shape index (κ1) is 18.7. The molecular formula is C22H17ClN4O2. The molecule has 1 N–H and O–H groups in total. The highest BCUT2D eigenvalue weighted by atomic mass is 35.5. The van der Waals surface area contributed by atoms with E-state index in [1.165, 1.54) is 12.5 Å². The van der Waals surface area contributed by atoms with E-state index in [0.717, 1.165) is 11.1 Å². The second-order valence-corrected chi connectivity index (χ2v) is 6.72. The average Bonchev–Trinajstić information content (AvgIpc) is 3.39. The first-order chi connectivity index (χ1) is 14.2. The number of hydrazone groups is 1.